The molecule has 1 aliphatic rings. The fourth-order valence-electron chi connectivity index (χ4n) is 0.923. The van der Waals surface area contributed by atoms with E-state index in [1.54, 1.807) is 11.3 Å². The average Bonchev–Trinajstić information content (AvgIpc) is 2.22. The molecular weight excluding hydrogens is 235 g/mol. The largest absolute Gasteiger partial charge is 0.306 e. The molecule has 1 N–H and O–H groups in total. The van der Waals surface area contributed by atoms with E-state index < -0.39 is 0 Å². The monoisotopic (exact) mass is 240 g/mol. The Morgan fingerprint density at radius 3 is 3.00 bits per heavy atom. The van der Waals surface area contributed by atoms with Gasteiger partial charge < -0.3 is 5.32 Å². The number of rotatable bonds is 0. The van der Waals surface area contributed by atoms with Crippen LogP contribution in [0.1, 0.15) is 10.6 Å². The van der Waals surface area contributed by atoms with E-state index in [2.05, 4.69) is 26.2 Å². The van der Waals surface area contributed by atoms with Crippen molar-refractivity contribution in [2.75, 3.05) is 0 Å². The number of nitrogens with zero attached hydrogens (tertiary/aromatic N) is 1. The van der Waals surface area contributed by atoms with Crippen molar-refractivity contribution in [3.8, 4) is 0 Å². The number of hydrogen-bond donors (Lipinski definition) is 1. The van der Waals surface area contributed by atoms with Gasteiger partial charge in [-0.15, -0.1) is 23.7 Å². The SMILES string of the molecule is Brc1nc2c(s1)CNC2.Cl. The summed E-state index contributed by atoms with van der Waals surface area (Å²) in [5.74, 6) is 0. The zero-order valence-corrected chi connectivity index (χ0v) is 8.27. The molecule has 1 aromatic rings. The van der Waals surface area contributed by atoms with Gasteiger partial charge in [0.15, 0.2) is 3.92 Å². The molecule has 0 aliphatic carbocycles. The van der Waals surface area contributed by atoms with Gasteiger partial charge in [0.2, 0.25) is 0 Å². The van der Waals surface area contributed by atoms with Crippen LogP contribution in [0.15, 0.2) is 3.92 Å². The first kappa shape index (κ1) is 8.46. The molecular formula is C5H6BrClN2S. The third-order valence-corrected chi connectivity index (χ3v) is 2.88. The molecule has 1 aliphatic heterocycles. The number of hydrogen-bond acceptors (Lipinski definition) is 3. The molecule has 2 nitrogen and oxygen atoms in total. The van der Waals surface area contributed by atoms with Crippen LogP contribution in [0.5, 0.6) is 0 Å². The Balaban J connectivity index is 0.000000500. The summed E-state index contributed by atoms with van der Waals surface area (Å²) in [5, 5.41) is 3.22. The van der Waals surface area contributed by atoms with Crippen molar-refractivity contribution in [2.45, 2.75) is 13.1 Å². The molecule has 0 saturated carbocycles. The third kappa shape index (κ3) is 1.34. The first-order chi connectivity index (χ1) is 4.36. The predicted octanol–water partition coefficient (Wildman–Crippen LogP) is 1.93. The van der Waals surface area contributed by atoms with Gasteiger partial charge in [0, 0.05) is 18.0 Å². The van der Waals surface area contributed by atoms with Crippen LogP contribution in [-0.2, 0) is 13.1 Å². The highest BCUT2D eigenvalue weighted by Gasteiger charge is 2.14. The lowest BCUT2D eigenvalue weighted by Crippen LogP contribution is -2.01. The molecule has 0 amide bonds. The zero-order chi connectivity index (χ0) is 6.27. The van der Waals surface area contributed by atoms with E-state index in [0.717, 1.165) is 17.0 Å². The summed E-state index contributed by atoms with van der Waals surface area (Å²) in [5.41, 5.74) is 1.21. The Labute approximate surface area is 77.6 Å². The Hall–Kier alpha value is 0.360. The highest BCUT2D eigenvalue weighted by molar-refractivity contribution is 9.11. The summed E-state index contributed by atoms with van der Waals surface area (Å²) < 4.78 is 1.01. The maximum Gasteiger partial charge on any atom is 0.159 e. The molecule has 2 rings (SSSR count). The topological polar surface area (TPSA) is 24.9 Å². The lowest BCUT2D eigenvalue weighted by Gasteiger charge is -1.83. The molecule has 2 heterocycles. The molecule has 10 heavy (non-hydrogen) atoms. The van der Waals surface area contributed by atoms with Crippen LogP contribution in [0.2, 0.25) is 0 Å². The van der Waals surface area contributed by atoms with Gasteiger partial charge >= 0.3 is 0 Å². The summed E-state index contributed by atoms with van der Waals surface area (Å²) in [7, 11) is 0. The fourth-order valence-corrected chi connectivity index (χ4v) is 2.49. The maximum atomic E-state index is 4.26. The molecule has 0 atom stereocenters. The van der Waals surface area contributed by atoms with Crippen LogP contribution in [0.4, 0.5) is 0 Å². The number of nitrogens with one attached hydrogen (secondary N) is 1. The third-order valence-electron chi connectivity index (χ3n) is 1.33. The van der Waals surface area contributed by atoms with E-state index in [-0.39, 0.29) is 12.4 Å². The first-order valence-electron chi connectivity index (χ1n) is 2.71. The van der Waals surface area contributed by atoms with E-state index in [0.29, 0.717) is 0 Å². The molecule has 5 heteroatoms. The summed E-state index contributed by atoms with van der Waals surface area (Å²) in [4.78, 5) is 5.64. The van der Waals surface area contributed by atoms with Crippen molar-refractivity contribution in [3.63, 3.8) is 0 Å². The van der Waals surface area contributed by atoms with Gasteiger partial charge in [-0.25, -0.2) is 4.98 Å². The molecule has 0 radical (unpaired) electrons. The Kier molecular flexibility index (Phi) is 2.68. The second kappa shape index (κ2) is 3.17. The standard InChI is InChI=1S/C5H5BrN2S.ClH/c6-5-8-3-1-7-2-4(3)9-5;/h7H,1-2H2;1H. The molecule has 56 valence electrons. The van der Waals surface area contributed by atoms with E-state index in [9.17, 15) is 0 Å². The van der Waals surface area contributed by atoms with E-state index >= 15 is 0 Å². The van der Waals surface area contributed by atoms with Gasteiger partial charge in [-0.1, -0.05) is 0 Å². The van der Waals surface area contributed by atoms with Crippen molar-refractivity contribution < 1.29 is 0 Å². The summed E-state index contributed by atoms with van der Waals surface area (Å²) >= 11 is 5.06. The van der Waals surface area contributed by atoms with Crippen molar-refractivity contribution >= 4 is 39.7 Å². The van der Waals surface area contributed by atoms with Crippen molar-refractivity contribution in [3.05, 3.63) is 14.5 Å². The molecule has 0 spiro atoms. The van der Waals surface area contributed by atoms with Crippen LogP contribution in [0.3, 0.4) is 0 Å². The smallest absolute Gasteiger partial charge is 0.159 e. The highest BCUT2D eigenvalue weighted by atomic mass is 79.9. The average molecular weight is 242 g/mol. The van der Waals surface area contributed by atoms with Gasteiger partial charge in [0.25, 0.3) is 0 Å². The van der Waals surface area contributed by atoms with Crippen LogP contribution < -0.4 is 5.32 Å². The van der Waals surface area contributed by atoms with Crippen molar-refractivity contribution in [1.29, 1.82) is 0 Å². The van der Waals surface area contributed by atoms with Gasteiger partial charge in [-0.3, -0.25) is 0 Å². The minimum absolute atomic E-state index is 0. The van der Waals surface area contributed by atoms with Gasteiger partial charge in [0.1, 0.15) is 0 Å². The van der Waals surface area contributed by atoms with E-state index in [4.69, 9.17) is 0 Å². The molecule has 0 saturated heterocycles. The highest BCUT2D eigenvalue weighted by Crippen LogP contribution is 2.25. The van der Waals surface area contributed by atoms with Crippen LogP contribution in [0.25, 0.3) is 0 Å². The summed E-state index contributed by atoms with van der Waals surface area (Å²) in [6.07, 6.45) is 0. The Morgan fingerprint density at radius 1 is 1.50 bits per heavy atom. The van der Waals surface area contributed by atoms with Crippen molar-refractivity contribution in [1.82, 2.24) is 10.3 Å². The van der Waals surface area contributed by atoms with E-state index in [1.807, 2.05) is 0 Å². The maximum absolute atomic E-state index is 4.26. The second-order valence-corrected chi connectivity index (χ2v) is 4.30. The van der Waals surface area contributed by atoms with Crippen LogP contribution in [-0.4, -0.2) is 4.98 Å². The van der Waals surface area contributed by atoms with Gasteiger partial charge in [0.05, 0.1) is 5.69 Å². The predicted molar refractivity (Wildman–Crippen MR) is 47.6 cm³/mol. The number of aromatic nitrogens is 1. The minimum Gasteiger partial charge on any atom is -0.306 e. The quantitative estimate of drug-likeness (QED) is 0.751. The lowest BCUT2D eigenvalue weighted by molar-refractivity contribution is 0.757. The molecule has 0 unspecified atom stereocenters. The fraction of sp³-hybridized carbons (Fsp3) is 0.400. The molecule has 1 aromatic heterocycles. The molecule has 0 fully saturated rings. The molecule has 0 aromatic carbocycles. The zero-order valence-electron chi connectivity index (χ0n) is 5.06. The Bertz CT molecular complexity index is 216. The van der Waals surface area contributed by atoms with Crippen molar-refractivity contribution in [2.24, 2.45) is 0 Å². The van der Waals surface area contributed by atoms with Crippen LogP contribution >= 0.6 is 39.7 Å². The Morgan fingerprint density at radius 2 is 2.30 bits per heavy atom. The molecule has 0 bridgehead atoms. The van der Waals surface area contributed by atoms with E-state index in [1.165, 1.54) is 10.6 Å². The lowest BCUT2D eigenvalue weighted by atomic mass is 10.4. The number of fused-ring (bicyclic) bond motifs is 1. The summed E-state index contributed by atoms with van der Waals surface area (Å²) in [6.45, 7) is 1.94. The number of thiazole rings is 1. The van der Waals surface area contributed by atoms with Gasteiger partial charge in [-0.2, -0.15) is 0 Å². The van der Waals surface area contributed by atoms with Crippen LogP contribution in [0, 0.1) is 0 Å². The first-order valence-corrected chi connectivity index (χ1v) is 4.32. The summed E-state index contributed by atoms with van der Waals surface area (Å²) in [6, 6.07) is 0. The second-order valence-electron chi connectivity index (χ2n) is 1.94. The van der Waals surface area contributed by atoms with Gasteiger partial charge in [-0.05, 0) is 15.9 Å². The normalized spacial score (nSPS) is 14.5. The minimum atomic E-state index is 0. The number of halogens is 2.